The van der Waals surface area contributed by atoms with Gasteiger partial charge in [0, 0.05) is 28.2 Å². The van der Waals surface area contributed by atoms with Crippen LogP contribution in [0.3, 0.4) is 0 Å². The van der Waals surface area contributed by atoms with Gasteiger partial charge in [0.25, 0.3) is 0 Å². The van der Waals surface area contributed by atoms with Crippen LogP contribution in [-0.2, 0) is 11.3 Å². The Morgan fingerprint density at radius 2 is 1.93 bits per heavy atom. The Hall–Kier alpha value is -2.38. The second-order valence-electron chi connectivity index (χ2n) is 6.02. The van der Waals surface area contributed by atoms with Crippen LogP contribution in [0.1, 0.15) is 40.7 Å². The van der Waals surface area contributed by atoms with Gasteiger partial charge in [-0.05, 0) is 43.7 Å². The number of thiophene rings is 1. The molecule has 1 N–H and O–H groups in total. The maximum Gasteiger partial charge on any atom is 0.348 e. The first-order valence-electron chi connectivity index (χ1n) is 8.47. The van der Waals surface area contributed by atoms with Crippen LogP contribution in [0.25, 0.3) is 10.1 Å². The zero-order chi connectivity index (χ0) is 19.6. The lowest BCUT2D eigenvalue weighted by molar-refractivity contribution is 0.0531. The van der Waals surface area contributed by atoms with Gasteiger partial charge < -0.3 is 10.1 Å². The topological polar surface area (TPSA) is 38.3 Å². The van der Waals surface area contributed by atoms with E-state index >= 15 is 0 Å². The van der Waals surface area contributed by atoms with E-state index in [4.69, 9.17) is 4.74 Å². The van der Waals surface area contributed by atoms with Crippen molar-refractivity contribution in [2.24, 2.45) is 0 Å². The molecule has 7 heteroatoms. The summed E-state index contributed by atoms with van der Waals surface area (Å²) in [6.45, 7) is 3.87. The van der Waals surface area contributed by atoms with E-state index in [0.717, 1.165) is 12.1 Å². The predicted molar refractivity (Wildman–Crippen MR) is 99.4 cm³/mol. The molecule has 3 aromatic rings. The molecule has 0 aliphatic rings. The van der Waals surface area contributed by atoms with Crippen LogP contribution < -0.4 is 5.32 Å². The summed E-state index contributed by atoms with van der Waals surface area (Å²) in [5.41, 5.74) is 1.05. The predicted octanol–water partition coefficient (Wildman–Crippen LogP) is 5.35. The van der Waals surface area contributed by atoms with Crippen LogP contribution in [0.2, 0.25) is 0 Å². The van der Waals surface area contributed by atoms with Gasteiger partial charge in [-0.3, -0.25) is 0 Å². The Labute approximate surface area is 158 Å². The van der Waals surface area contributed by atoms with Crippen molar-refractivity contribution < 1.29 is 22.7 Å². The number of benzene rings is 2. The lowest BCUT2D eigenvalue weighted by Gasteiger charge is -2.15. The molecule has 2 aromatic carbocycles. The number of fused-ring (bicyclic) bond motifs is 1. The Kier molecular flexibility index (Phi) is 5.82. The number of carbonyl (C=O) groups excluding carboxylic acids is 1. The van der Waals surface area contributed by atoms with E-state index in [0.29, 0.717) is 26.1 Å². The van der Waals surface area contributed by atoms with E-state index in [1.165, 1.54) is 23.5 Å². The molecule has 3 rings (SSSR count). The maximum atomic E-state index is 14.4. The molecule has 0 aliphatic heterocycles. The van der Waals surface area contributed by atoms with Crippen LogP contribution in [0, 0.1) is 17.5 Å². The number of hydrogen-bond donors (Lipinski definition) is 1. The van der Waals surface area contributed by atoms with Gasteiger partial charge in [-0.2, -0.15) is 0 Å². The number of ether oxygens (including phenoxy) is 1. The molecule has 1 atom stereocenters. The van der Waals surface area contributed by atoms with Crippen molar-refractivity contribution in [3.8, 4) is 0 Å². The van der Waals surface area contributed by atoms with Gasteiger partial charge in [0.1, 0.15) is 10.7 Å². The van der Waals surface area contributed by atoms with Gasteiger partial charge in [0.15, 0.2) is 11.6 Å². The van der Waals surface area contributed by atoms with E-state index in [9.17, 15) is 18.0 Å². The molecule has 1 heterocycles. The lowest BCUT2D eigenvalue weighted by atomic mass is 10.1. The van der Waals surface area contributed by atoms with Crippen molar-refractivity contribution in [3.63, 3.8) is 0 Å². The highest BCUT2D eigenvalue weighted by molar-refractivity contribution is 7.21. The minimum atomic E-state index is -0.930. The van der Waals surface area contributed by atoms with Crippen LogP contribution >= 0.6 is 11.3 Å². The average molecular weight is 393 g/mol. The summed E-state index contributed by atoms with van der Waals surface area (Å²) >= 11 is 1.17. The first-order valence-corrected chi connectivity index (χ1v) is 9.29. The van der Waals surface area contributed by atoms with Gasteiger partial charge in [-0.25, -0.2) is 18.0 Å². The molecule has 0 unspecified atom stereocenters. The minimum absolute atomic E-state index is 0.176. The van der Waals surface area contributed by atoms with Crippen molar-refractivity contribution >= 4 is 27.4 Å². The Morgan fingerprint density at radius 3 is 2.63 bits per heavy atom. The lowest BCUT2D eigenvalue weighted by Crippen LogP contribution is -2.20. The Morgan fingerprint density at radius 1 is 1.15 bits per heavy atom. The Bertz CT molecular complexity index is 987. The highest BCUT2D eigenvalue weighted by atomic mass is 32.1. The van der Waals surface area contributed by atoms with Crippen molar-refractivity contribution in [1.82, 2.24) is 5.32 Å². The van der Waals surface area contributed by atoms with Gasteiger partial charge >= 0.3 is 5.97 Å². The molecule has 0 saturated heterocycles. The molecular formula is C20H18F3NO2S. The van der Waals surface area contributed by atoms with Crippen LogP contribution in [-0.4, -0.2) is 12.6 Å². The third-order valence-corrected chi connectivity index (χ3v) is 5.43. The zero-order valence-electron chi connectivity index (χ0n) is 14.8. The van der Waals surface area contributed by atoms with Crippen LogP contribution in [0.4, 0.5) is 13.2 Å². The highest BCUT2D eigenvalue weighted by Crippen LogP contribution is 2.34. The summed E-state index contributed by atoms with van der Waals surface area (Å²) in [4.78, 5) is 12.6. The molecular weight excluding hydrogens is 375 g/mol. The van der Waals surface area contributed by atoms with Crippen molar-refractivity contribution in [3.05, 3.63) is 69.9 Å². The maximum absolute atomic E-state index is 14.4. The van der Waals surface area contributed by atoms with E-state index < -0.39 is 23.4 Å². The molecule has 27 heavy (non-hydrogen) atoms. The number of halogens is 3. The number of nitrogens with one attached hydrogen (secondary N) is 1. The quantitative estimate of drug-likeness (QED) is 0.574. The summed E-state index contributed by atoms with van der Waals surface area (Å²) in [5, 5.41) is 3.52. The first kappa shape index (κ1) is 19.4. The average Bonchev–Trinajstić information content (AvgIpc) is 3.02. The van der Waals surface area contributed by atoms with Crippen LogP contribution in [0.15, 0.2) is 36.4 Å². The fourth-order valence-electron chi connectivity index (χ4n) is 2.85. The van der Waals surface area contributed by atoms with Crippen molar-refractivity contribution in [1.29, 1.82) is 0 Å². The number of esters is 1. The summed E-state index contributed by atoms with van der Waals surface area (Å²) in [6, 6.07) is 7.99. The fraction of sp³-hybridized carbons (Fsp3) is 0.250. The third kappa shape index (κ3) is 3.99. The standard InChI is InChI=1S/C20H18F3NO2S/c1-3-26-20(25)19-13(18-15(22)5-4-6-17(18)27-19)10-24-11(2)12-7-8-14(21)16(23)9-12/h4-9,11,24H,3,10H2,1-2H3/t11-/m0/s1. The molecule has 0 fully saturated rings. The van der Waals surface area contributed by atoms with Crippen molar-refractivity contribution in [2.45, 2.75) is 26.4 Å². The van der Waals surface area contributed by atoms with Gasteiger partial charge in [0.05, 0.1) is 6.61 Å². The zero-order valence-corrected chi connectivity index (χ0v) is 15.6. The third-order valence-electron chi connectivity index (χ3n) is 4.25. The smallest absolute Gasteiger partial charge is 0.348 e. The number of rotatable bonds is 6. The normalized spacial score (nSPS) is 12.3. The van der Waals surface area contributed by atoms with E-state index in [2.05, 4.69) is 5.32 Å². The summed E-state index contributed by atoms with van der Waals surface area (Å²) < 4.78 is 46.7. The summed E-state index contributed by atoms with van der Waals surface area (Å²) in [7, 11) is 0. The fourth-order valence-corrected chi connectivity index (χ4v) is 3.98. The second kappa shape index (κ2) is 8.10. The molecule has 142 valence electrons. The van der Waals surface area contributed by atoms with Crippen molar-refractivity contribution in [2.75, 3.05) is 6.61 Å². The highest BCUT2D eigenvalue weighted by Gasteiger charge is 2.22. The number of carbonyl (C=O) groups is 1. The summed E-state index contributed by atoms with van der Waals surface area (Å²) in [5.74, 6) is -2.77. The van der Waals surface area contributed by atoms with Crippen LogP contribution in [0.5, 0.6) is 0 Å². The molecule has 0 radical (unpaired) electrons. The van der Waals surface area contributed by atoms with E-state index in [1.54, 1.807) is 26.0 Å². The second-order valence-corrected chi connectivity index (χ2v) is 7.07. The minimum Gasteiger partial charge on any atom is -0.462 e. The molecule has 0 amide bonds. The molecule has 0 spiro atoms. The SMILES string of the molecule is CCOC(=O)c1sc2cccc(F)c2c1CN[C@@H](C)c1ccc(F)c(F)c1. The van der Waals surface area contributed by atoms with E-state index in [-0.39, 0.29) is 19.2 Å². The monoisotopic (exact) mass is 393 g/mol. The first-order chi connectivity index (χ1) is 12.9. The molecule has 0 saturated carbocycles. The summed E-state index contributed by atoms with van der Waals surface area (Å²) in [6.07, 6.45) is 0. The molecule has 1 aromatic heterocycles. The molecule has 0 bridgehead atoms. The number of hydrogen-bond acceptors (Lipinski definition) is 4. The molecule has 0 aliphatic carbocycles. The largest absolute Gasteiger partial charge is 0.462 e. The Balaban J connectivity index is 1.91. The van der Waals surface area contributed by atoms with Gasteiger partial charge in [-0.15, -0.1) is 11.3 Å². The van der Waals surface area contributed by atoms with E-state index in [1.807, 2.05) is 0 Å². The van der Waals surface area contributed by atoms with Gasteiger partial charge in [-0.1, -0.05) is 12.1 Å². The van der Waals surface area contributed by atoms with Gasteiger partial charge in [0.2, 0.25) is 0 Å². The molecule has 3 nitrogen and oxygen atoms in total.